The number of hydrogen-bond donors (Lipinski definition) is 1. The maximum Gasteiger partial charge on any atom is 0.305 e. The van der Waals surface area contributed by atoms with E-state index in [1.807, 2.05) is 0 Å². The van der Waals surface area contributed by atoms with Crippen LogP contribution in [0, 0.1) is 0 Å². The maximum atomic E-state index is 10.5. The summed E-state index contributed by atoms with van der Waals surface area (Å²) in [6, 6.07) is 32.3. The predicted molar refractivity (Wildman–Crippen MR) is 135 cm³/mol. The zero-order valence-electron chi connectivity index (χ0n) is 19.2. The van der Waals surface area contributed by atoms with Crippen LogP contribution >= 0.6 is 7.26 Å². The van der Waals surface area contributed by atoms with E-state index >= 15 is 0 Å². The average Bonchev–Trinajstić information content (AvgIpc) is 2.86. The number of carboxylic acids is 1. The molecule has 0 aliphatic carbocycles. The van der Waals surface area contributed by atoms with Crippen LogP contribution in [0.15, 0.2) is 91.0 Å². The molecule has 0 heterocycles. The minimum atomic E-state index is -1.87. The zero-order valence-corrected chi connectivity index (χ0v) is 22.3. The molecule has 3 aromatic rings. The molecule has 0 aliphatic rings. The Morgan fingerprint density at radius 1 is 0.588 bits per heavy atom. The SMILES string of the molecule is O=C(O)CCOCCOCCOCC[P+](c1ccccc1)(c1ccccc1)c1ccccc1.[I-]. The van der Waals surface area contributed by atoms with Crippen molar-refractivity contribution in [2.45, 2.75) is 6.42 Å². The summed E-state index contributed by atoms with van der Waals surface area (Å²) in [5, 5.41) is 12.6. The molecule has 5 nitrogen and oxygen atoms in total. The first-order valence-corrected chi connectivity index (χ1v) is 13.2. The fourth-order valence-electron chi connectivity index (χ4n) is 3.78. The van der Waals surface area contributed by atoms with Crippen LogP contribution in [0.5, 0.6) is 0 Å². The van der Waals surface area contributed by atoms with Gasteiger partial charge in [-0.15, -0.1) is 0 Å². The van der Waals surface area contributed by atoms with Gasteiger partial charge in [-0.1, -0.05) is 54.6 Å². The number of carbonyl (C=O) groups is 1. The Morgan fingerprint density at radius 3 is 1.32 bits per heavy atom. The van der Waals surface area contributed by atoms with Crippen LogP contribution in [0.4, 0.5) is 0 Å². The van der Waals surface area contributed by atoms with Crippen molar-refractivity contribution in [1.29, 1.82) is 0 Å². The van der Waals surface area contributed by atoms with Gasteiger partial charge < -0.3 is 43.3 Å². The van der Waals surface area contributed by atoms with Gasteiger partial charge in [-0.05, 0) is 36.4 Å². The summed E-state index contributed by atoms with van der Waals surface area (Å²) < 4.78 is 16.8. The van der Waals surface area contributed by atoms with Crippen molar-refractivity contribution in [2.24, 2.45) is 0 Å². The lowest BCUT2D eigenvalue weighted by Crippen LogP contribution is -3.00. The summed E-state index contributed by atoms with van der Waals surface area (Å²) in [6.45, 7) is 2.64. The molecule has 0 spiro atoms. The Kier molecular flexibility index (Phi) is 13.3. The highest BCUT2D eigenvalue weighted by molar-refractivity contribution is 7.95. The molecule has 0 unspecified atom stereocenters. The third-order valence-corrected chi connectivity index (χ3v) is 9.76. The molecule has 7 heteroatoms. The van der Waals surface area contributed by atoms with Gasteiger partial charge in [-0.2, -0.15) is 0 Å². The molecule has 34 heavy (non-hydrogen) atoms. The summed E-state index contributed by atoms with van der Waals surface area (Å²) in [5.41, 5.74) is 0. The summed E-state index contributed by atoms with van der Waals surface area (Å²) in [6.07, 6.45) is 0.918. The quantitative estimate of drug-likeness (QED) is 0.158. The normalized spacial score (nSPS) is 11.1. The lowest BCUT2D eigenvalue weighted by molar-refractivity contribution is -0.138. The van der Waals surface area contributed by atoms with Gasteiger partial charge >= 0.3 is 5.97 Å². The Balaban J connectivity index is 0.00000408. The predicted octanol–water partition coefficient (Wildman–Crippen LogP) is 0.509. The molecule has 0 saturated heterocycles. The minimum Gasteiger partial charge on any atom is -1.00 e. The molecule has 3 rings (SSSR count). The van der Waals surface area contributed by atoms with E-state index in [0.29, 0.717) is 33.0 Å². The molecule has 182 valence electrons. The smallest absolute Gasteiger partial charge is 0.305 e. The van der Waals surface area contributed by atoms with Crippen molar-refractivity contribution < 1.29 is 48.1 Å². The summed E-state index contributed by atoms with van der Waals surface area (Å²) >= 11 is 0. The average molecular weight is 594 g/mol. The van der Waals surface area contributed by atoms with Gasteiger partial charge in [0.15, 0.2) is 0 Å². The molecule has 3 aromatic carbocycles. The van der Waals surface area contributed by atoms with Gasteiger partial charge in [0, 0.05) is 0 Å². The molecule has 0 saturated carbocycles. The van der Waals surface area contributed by atoms with E-state index in [2.05, 4.69) is 91.0 Å². The number of benzene rings is 3. The van der Waals surface area contributed by atoms with Crippen molar-refractivity contribution in [3.63, 3.8) is 0 Å². The van der Waals surface area contributed by atoms with Gasteiger partial charge in [-0.3, -0.25) is 4.79 Å². The van der Waals surface area contributed by atoms with Crippen LogP contribution in [0.3, 0.4) is 0 Å². The fraction of sp³-hybridized carbons (Fsp3) is 0.296. The standard InChI is InChI=1S/C27H31O5P.HI/c28-27(29)16-17-30-18-19-31-20-21-32-22-23-33(24-10-4-1-5-11-24,25-12-6-2-7-13-25)26-14-8-3-9-15-26;/h1-15H,16-23H2;1H. The van der Waals surface area contributed by atoms with Crippen LogP contribution in [0.2, 0.25) is 0 Å². The molecular formula is C27H32IO5P. The Hall–Kier alpha value is -1.83. The third kappa shape index (κ3) is 8.43. The topological polar surface area (TPSA) is 65.0 Å². The largest absolute Gasteiger partial charge is 1.00 e. The first-order valence-electron chi connectivity index (χ1n) is 11.2. The first-order chi connectivity index (χ1) is 16.2. The third-order valence-electron chi connectivity index (χ3n) is 5.37. The van der Waals surface area contributed by atoms with E-state index in [9.17, 15) is 4.79 Å². The zero-order chi connectivity index (χ0) is 23.2. The number of carboxylic acid groups (broad SMARTS) is 1. The van der Waals surface area contributed by atoms with Crippen LogP contribution in [0.25, 0.3) is 0 Å². The van der Waals surface area contributed by atoms with Gasteiger partial charge in [0.1, 0.15) is 23.2 Å². The van der Waals surface area contributed by atoms with E-state index < -0.39 is 13.2 Å². The van der Waals surface area contributed by atoms with Crippen LogP contribution in [-0.4, -0.2) is 56.9 Å². The fourth-order valence-corrected chi connectivity index (χ4v) is 7.90. The molecule has 0 atom stereocenters. The Morgan fingerprint density at radius 2 is 0.941 bits per heavy atom. The molecule has 0 aromatic heterocycles. The number of aliphatic carboxylic acids is 1. The molecule has 0 radical (unpaired) electrons. The number of hydrogen-bond acceptors (Lipinski definition) is 4. The first kappa shape index (κ1) is 28.4. The second-order valence-electron chi connectivity index (χ2n) is 7.52. The van der Waals surface area contributed by atoms with Gasteiger partial charge in [0.25, 0.3) is 0 Å². The minimum absolute atomic E-state index is 0. The second kappa shape index (κ2) is 16.0. The van der Waals surface area contributed by atoms with Crippen LogP contribution in [-0.2, 0) is 19.0 Å². The van der Waals surface area contributed by atoms with E-state index in [1.54, 1.807) is 0 Å². The summed E-state index contributed by atoms with van der Waals surface area (Å²) in [7, 11) is -1.87. The number of rotatable bonds is 15. The maximum absolute atomic E-state index is 10.5. The van der Waals surface area contributed by atoms with Gasteiger partial charge in [-0.25, -0.2) is 0 Å². The number of ether oxygens (including phenoxy) is 3. The Labute approximate surface area is 219 Å². The Bertz CT molecular complexity index is 844. The van der Waals surface area contributed by atoms with Crippen molar-refractivity contribution in [3.8, 4) is 0 Å². The second-order valence-corrected chi connectivity index (χ2v) is 11.1. The van der Waals surface area contributed by atoms with E-state index in [1.165, 1.54) is 15.9 Å². The summed E-state index contributed by atoms with van der Waals surface area (Å²) in [5.74, 6) is -0.857. The lowest BCUT2D eigenvalue weighted by atomic mass is 10.4. The van der Waals surface area contributed by atoms with E-state index in [-0.39, 0.29) is 37.0 Å². The molecule has 0 fully saturated rings. The lowest BCUT2D eigenvalue weighted by Gasteiger charge is -2.27. The van der Waals surface area contributed by atoms with Gasteiger partial charge in [0.05, 0.1) is 52.2 Å². The molecule has 0 aliphatic heterocycles. The van der Waals surface area contributed by atoms with Crippen molar-refractivity contribution in [3.05, 3.63) is 91.0 Å². The summed E-state index contributed by atoms with van der Waals surface area (Å²) in [4.78, 5) is 10.5. The molecule has 0 bridgehead atoms. The molecular weight excluding hydrogens is 562 g/mol. The van der Waals surface area contributed by atoms with Crippen LogP contribution < -0.4 is 39.9 Å². The van der Waals surface area contributed by atoms with Crippen LogP contribution in [0.1, 0.15) is 6.42 Å². The van der Waals surface area contributed by atoms with Gasteiger partial charge in [0.2, 0.25) is 0 Å². The highest BCUT2D eigenvalue weighted by Crippen LogP contribution is 2.54. The van der Waals surface area contributed by atoms with E-state index in [4.69, 9.17) is 19.3 Å². The molecule has 1 N–H and O–H groups in total. The van der Waals surface area contributed by atoms with E-state index in [0.717, 1.165) is 6.16 Å². The monoisotopic (exact) mass is 594 g/mol. The molecule has 0 amide bonds. The van der Waals surface area contributed by atoms with Crippen molar-refractivity contribution in [1.82, 2.24) is 0 Å². The van der Waals surface area contributed by atoms with Crippen molar-refractivity contribution >= 4 is 29.1 Å². The number of halogens is 1. The highest BCUT2D eigenvalue weighted by Gasteiger charge is 2.44. The highest BCUT2D eigenvalue weighted by atomic mass is 127. The van der Waals surface area contributed by atoms with Crippen molar-refractivity contribution in [2.75, 3.05) is 45.8 Å².